The second-order valence-electron chi connectivity index (χ2n) is 2.63. The van der Waals surface area contributed by atoms with Crippen molar-refractivity contribution in [1.29, 1.82) is 0 Å². The van der Waals surface area contributed by atoms with Crippen LogP contribution in [-0.4, -0.2) is 11.3 Å². The van der Waals surface area contributed by atoms with E-state index in [2.05, 4.69) is 9.72 Å². The molecule has 0 fully saturated rings. The molecule has 4 nitrogen and oxygen atoms in total. The van der Waals surface area contributed by atoms with Crippen LogP contribution in [0, 0.1) is 6.92 Å². The number of anilines is 2. The Kier molecular flexibility index (Phi) is 2.41. The minimum absolute atomic E-state index is 0.0732. The number of alkyl halides is 3. The molecular formula is C7H8F3N3O. The molecule has 1 heterocycles. The summed E-state index contributed by atoms with van der Waals surface area (Å²) in [5.74, 6) is -0.786. The number of halogens is 3. The number of ether oxygens (including phenoxy) is 1. The van der Waals surface area contributed by atoms with E-state index >= 15 is 0 Å². The molecular weight excluding hydrogens is 199 g/mol. The van der Waals surface area contributed by atoms with Gasteiger partial charge in [0.15, 0.2) is 0 Å². The number of hydrogen-bond donors (Lipinski definition) is 2. The largest absolute Gasteiger partial charge is 0.574 e. The van der Waals surface area contributed by atoms with Crippen molar-refractivity contribution in [2.45, 2.75) is 13.3 Å². The molecule has 1 aromatic rings. The van der Waals surface area contributed by atoms with E-state index in [1.165, 1.54) is 13.0 Å². The Labute approximate surface area is 77.7 Å². The zero-order chi connectivity index (χ0) is 10.9. The van der Waals surface area contributed by atoms with Crippen molar-refractivity contribution in [2.24, 2.45) is 0 Å². The maximum Gasteiger partial charge on any atom is 0.574 e. The molecule has 0 aliphatic rings. The van der Waals surface area contributed by atoms with Crippen LogP contribution >= 0.6 is 0 Å². The fourth-order valence-electron chi connectivity index (χ4n) is 0.865. The minimum Gasteiger partial charge on any atom is -0.394 e. The predicted molar refractivity (Wildman–Crippen MR) is 44.5 cm³/mol. The first kappa shape index (κ1) is 10.4. The third-order valence-corrected chi connectivity index (χ3v) is 1.46. The van der Waals surface area contributed by atoms with Crippen LogP contribution in [0.2, 0.25) is 0 Å². The monoisotopic (exact) mass is 207 g/mol. The molecule has 78 valence electrons. The van der Waals surface area contributed by atoms with Crippen molar-refractivity contribution in [3.63, 3.8) is 0 Å². The first-order chi connectivity index (χ1) is 6.29. The number of aromatic nitrogens is 1. The summed E-state index contributed by atoms with van der Waals surface area (Å²) >= 11 is 0. The highest BCUT2D eigenvalue weighted by Gasteiger charge is 2.33. The maximum atomic E-state index is 11.8. The van der Waals surface area contributed by atoms with Gasteiger partial charge in [0.25, 0.3) is 0 Å². The van der Waals surface area contributed by atoms with Crippen molar-refractivity contribution in [2.75, 3.05) is 11.5 Å². The average molecular weight is 207 g/mol. The van der Waals surface area contributed by atoms with Gasteiger partial charge in [0.1, 0.15) is 5.82 Å². The van der Waals surface area contributed by atoms with E-state index in [0.717, 1.165) is 0 Å². The van der Waals surface area contributed by atoms with Crippen molar-refractivity contribution < 1.29 is 17.9 Å². The number of hydrogen-bond acceptors (Lipinski definition) is 4. The summed E-state index contributed by atoms with van der Waals surface area (Å²) < 4.78 is 39.1. The van der Waals surface area contributed by atoms with E-state index in [0.29, 0.717) is 5.56 Å². The standard InChI is InChI=1S/C7H8F3N3O/c1-3-2-4(11)13-6(5(3)12)14-7(8,9)10/h2H,12H2,1H3,(H2,11,13). The molecule has 1 aromatic heterocycles. The molecule has 1 rings (SSSR count). The quantitative estimate of drug-likeness (QED) is 0.730. The molecule has 0 saturated carbocycles. The molecule has 0 saturated heterocycles. The molecule has 0 aromatic carbocycles. The Balaban J connectivity index is 3.09. The molecule has 0 aliphatic carbocycles. The van der Waals surface area contributed by atoms with Crippen molar-refractivity contribution in [1.82, 2.24) is 4.98 Å². The van der Waals surface area contributed by atoms with Gasteiger partial charge < -0.3 is 16.2 Å². The second kappa shape index (κ2) is 3.24. The van der Waals surface area contributed by atoms with Crippen LogP contribution in [0.1, 0.15) is 5.56 Å². The highest BCUT2D eigenvalue weighted by atomic mass is 19.4. The Bertz CT molecular complexity index is 351. The second-order valence-corrected chi connectivity index (χ2v) is 2.63. The Morgan fingerprint density at radius 2 is 1.93 bits per heavy atom. The summed E-state index contributed by atoms with van der Waals surface area (Å²) in [6.07, 6.45) is -4.82. The Hall–Kier alpha value is -1.66. The van der Waals surface area contributed by atoms with Crippen LogP contribution in [0.15, 0.2) is 6.07 Å². The van der Waals surface area contributed by atoms with Crippen molar-refractivity contribution in [3.05, 3.63) is 11.6 Å². The van der Waals surface area contributed by atoms with Gasteiger partial charge in [-0.25, -0.2) is 0 Å². The van der Waals surface area contributed by atoms with Gasteiger partial charge in [0.05, 0.1) is 5.69 Å². The van der Waals surface area contributed by atoms with Crippen LogP contribution < -0.4 is 16.2 Å². The van der Waals surface area contributed by atoms with Gasteiger partial charge in [0, 0.05) is 0 Å². The highest BCUT2D eigenvalue weighted by Crippen LogP contribution is 2.29. The van der Waals surface area contributed by atoms with Crippen LogP contribution in [-0.2, 0) is 0 Å². The zero-order valence-electron chi connectivity index (χ0n) is 7.22. The lowest BCUT2D eigenvalue weighted by Gasteiger charge is -2.11. The van der Waals surface area contributed by atoms with E-state index in [9.17, 15) is 13.2 Å². The average Bonchev–Trinajstić information content (AvgIpc) is 1.96. The van der Waals surface area contributed by atoms with E-state index in [4.69, 9.17) is 11.5 Å². The van der Waals surface area contributed by atoms with Gasteiger partial charge in [-0.3, -0.25) is 0 Å². The fraction of sp³-hybridized carbons (Fsp3) is 0.286. The lowest BCUT2D eigenvalue weighted by Crippen LogP contribution is -2.19. The molecule has 0 amide bonds. The van der Waals surface area contributed by atoms with Gasteiger partial charge in [-0.15, -0.1) is 13.2 Å². The number of pyridine rings is 1. The summed E-state index contributed by atoms with van der Waals surface area (Å²) in [5, 5.41) is 0. The highest BCUT2D eigenvalue weighted by molar-refractivity contribution is 5.58. The van der Waals surface area contributed by atoms with Crippen molar-refractivity contribution >= 4 is 11.5 Å². The normalized spacial score (nSPS) is 11.4. The topological polar surface area (TPSA) is 74.2 Å². The summed E-state index contributed by atoms with van der Waals surface area (Å²) in [6.45, 7) is 1.51. The number of nitrogens with two attached hydrogens (primary N) is 2. The number of rotatable bonds is 1. The van der Waals surface area contributed by atoms with Gasteiger partial charge in [-0.05, 0) is 18.6 Å². The lowest BCUT2D eigenvalue weighted by molar-refractivity contribution is -0.275. The van der Waals surface area contributed by atoms with Gasteiger partial charge in [-0.2, -0.15) is 4.98 Å². The zero-order valence-corrected chi connectivity index (χ0v) is 7.22. The Morgan fingerprint density at radius 1 is 1.36 bits per heavy atom. The molecule has 0 spiro atoms. The summed E-state index contributed by atoms with van der Waals surface area (Å²) in [4.78, 5) is 3.33. The van der Waals surface area contributed by atoms with E-state index in [1.807, 2.05) is 0 Å². The van der Waals surface area contributed by atoms with E-state index < -0.39 is 12.2 Å². The number of aryl methyl sites for hydroxylation is 1. The van der Waals surface area contributed by atoms with Gasteiger partial charge in [0.2, 0.25) is 5.88 Å². The van der Waals surface area contributed by atoms with E-state index in [-0.39, 0.29) is 11.5 Å². The first-order valence-electron chi connectivity index (χ1n) is 3.58. The van der Waals surface area contributed by atoms with Crippen LogP contribution in [0.4, 0.5) is 24.7 Å². The smallest absolute Gasteiger partial charge is 0.394 e. The van der Waals surface area contributed by atoms with Crippen LogP contribution in [0.5, 0.6) is 5.88 Å². The lowest BCUT2D eigenvalue weighted by atomic mass is 10.2. The molecule has 0 radical (unpaired) electrons. The summed E-state index contributed by atoms with van der Waals surface area (Å²) in [7, 11) is 0. The maximum absolute atomic E-state index is 11.8. The number of nitrogens with zero attached hydrogens (tertiary/aromatic N) is 1. The third kappa shape index (κ3) is 2.41. The van der Waals surface area contributed by atoms with Gasteiger partial charge >= 0.3 is 6.36 Å². The predicted octanol–water partition coefficient (Wildman–Crippen LogP) is 1.45. The Morgan fingerprint density at radius 3 is 2.43 bits per heavy atom. The fourth-order valence-corrected chi connectivity index (χ4v) is 0.865. The molecule has 0 bridgehead atoms. The minimum atomic E-state index is -4.82. The number of nitrogen functional groups attached to an aromatic ring is 2. The third-order valence-electron chi connectivity index (χ3n) is 1.46. The molecule has 0 atom stereocenters. The summed E-state index contributed by atoms with van der Waals surface area (Å²) in [6, 6.07) is 1.36. The summed E-state index contributed by atoms with van der Waals surface area (Å²) in [5.41, 5.74) is 10.8. The van der Waals surface area contributed by atoms with E-state index in [1.54, 1.807) is 0 Å². The molecule has 0 unspecified atom stereocenters. The van der Waals surface area contributed by atoms with Crippen LogP contribution in [0.25, 0.3) is 0 Å². The van der Waals surface area contributed by atoms with Crippen molar-refractivity contribution in [3.8, 4) is 5.88 Å². The molecule has 14 heavy (non-hydrogen) atoms. The SMILES string of the molecule is Cc1cc(N)nc(OC(F)(F)F)c1N. The van der Waals surface area contributed by atoms with Gasteiger partial charge in [-0.1, -0.05) is 0 Å². The molecule has 7 heteroatoms. The molecule has 0 aliphatic heterocycles. The van der Waals surface area contributed by atoms with Crippen LogP contribution in [0.3, 0.4) is 0 Å². The first-order valence-corrected chi connectivity index (χ1v) is 3.58. The molecule has 4 N–H and O–H groups in total.